The molecule has 0 saturated carbocycles. The van der Waals surface area contributed by atoms with Gasteiger partial charge in [-0.2, -0.15) is 0 Å². The highest BCUT2D eigenvalue weighted by molar-refractivity contribution is 7.07. The van der Waals surface area contributed by atoms with Gasteiger partial charge in [0.1, 0.15) is 4.53 Å². The van der Waals surface area contributed by atoms with Gasteiger partial charge in [0.05, 0.1) is 35.2 Å². The van der Waals surface area contributed by atoms with Crippen molar-refractivity contribution in [2.45, 2.75) is 33.2 Å². The minimum absolute atomic E-state index is 0.189. The van der Waals surface area contributed by atoms with Gasteiger partial charge in [0.25, 0.3) is 11.5 Å². The van der Waals surface area contributed by atoms with Crippen LogP contribution in [-0.2, 0) is 14.3 Å². The molecule has 2 aliphatic heterocycles. The first-order valence-electron chi connectivity index (χ1n) is 12.3. The standard InChI is InChI=1S/C29H27N3O4S/c1-4-17-31-21-14-10-9-13-20(21)24(26(31)33)25-27(34)32-22(16-15-19-11-7-6-8-12-19)23(28(35)36-5-2)18(3)30-29(32)37-25/h6-16,22H,4-5,17H2,1-3H3/b16-15+,25-24-. The molecule has 0 radical (unpaired) electrons. The molecule has 2 aromatic carbocycles. The van der Waals surface area contributed by atoms with Crippen molar-refractivity contribution in [3.05, 3.63) is 103 Å². The van der Waals surface area contributed by atoms with Crippen LogP contribution < -0.4 is 19.8 Å². The number of anilines is 1. The minimum atomic E-state index is -0.719. The molecule has 1 amide bonds. The van der Waals surface area contributed by atoms with Crippen molar-refractivity contribution in [2.75, 3.05) is 18.1 Å². The average molecular weight is 514 g/mol. The molecule has 0 spiro atoms. The van der Waals surface area contributed by atoms with Gasteiger partial charge in [0.15, 0.2) is 4.80 Å². The minimum Gasteiger partial charge on any atom is -0.463 e. The lowest BCUT2D eigenvalue weighted by molar-refractivity contribution is -0.139. The normalized spacial score (nSPS) is 18.2. The second kappa shape index (κ2) is 10.1. The molecule has 0 N–H and O–H groups in total. The molecule has 3 heterocycles. The van der Waals surface area contributed by atoms with Gasteiger partial charge in [-0.3, -0.25) is 14.2 Å². The Morgan fingerprint density at radius 3 is 2.54 bits per heavy atom. The summed E-state index contributed by atoms with van der Waals surface area (Å²) in [6.45, 7) is 6.27. The first-order valence-corrected chi connectivity index (χ1v) is 13.1. The topological polar surface area (TPSA) is 81.0 Å². The summed E-state index contributed by atoms with van der Waals surface area (Å²) in [6.07, 6.45) is 4.49. The summed E-state index contributed by atoms with van der Waals surface area (Å²) in [6, 6.07) is 16.5. The zero-order valence-electron chi connectivity index (χ0n) is 20.9. The first-order chi connectivity index (χ1) is 18.0. The van der Waals surface area contributed by atoms with E-state index in [9.17, 15) is 14.4 Å². The molecule has 7 nitrogen and oxygen atoms in total. The van der Waals surface area contributed by atoms with Gasteiger partial charge < -0.3 is 9.64 Å². The number of rotatable bonds is 6. The van der Waals surface area contributed by atoms with Crippen LogP contribution >= 0.6 is 11.3 Å². The van der Waals surface area contributed by atoms with Crippen LogP contribution in [0.4, 0.5) is 5.69 Å². The number of carbonyl (C=O) groups is 2. The second-order valence-electron chi connectivity index (χ2n) is 8.78. The average Bonchev–Trinajstić information content (AvgIpc) is 3.36. The zero-order valence-corrected chi connectivity index (χ0v) is 21.7. The number of allylic oxidation sites excluding steroid dienone is 2. The van der Waals surface area contributed by atoms with E-state index in [1.165, 1.54) is 15.9 Å². The van der Waals surface area contributed by atoms with E-state index >= 15 is 0 Å². The smallest absolute Gasteiger partial charge is 0.338 e. The Hall–Kier alpha value is -4.04. The first kappa shape index (κ1) is 24.6. The number of para-hydroxylation sites is 1. The Morgan fingerprint density at radius 2 is 1.81 bits per heavy atom. The number of esters is 1. The van der Waals surface area contributed by atoms with E-state index in [0.717, 1.165) is 23.2 Å². The Bertz CT molecular complexity index is 1630. The van der Waals surface area contributed by atoms with Gasteiger partial charge in [0.2, 0.25) is 0 Å². The summed E-state index contributed by atoms with van der Waals surface area (Å²) >= 11 is 1.18. The highest BCUT2D eigenvalue weighted by Gasteiger charge is 2.35. The maximum Gasteiger partial charge on any atom is 0.338 e. The predicted octanol–water partition coefficient (Wildman–Crippen LogP) is 3.59. The number of fused-ring (bicyclic) bond motifs is 2. The molecular weight excluding hydrogens is 486 g/mol. The molecule has 0 saturated heterocycles. The van der Waals surface area contributed by atoms with Crippen LogP contribution in [0, 0.1) is 0 Å². The van der Waals surface area contributed by atoms with Crippen molar-refractivity contribution in [3.63, 3.8) is 0 Å². The van der Waals surface area contributed by atoms with Gasteiger partial charge in [-0.05, 0) is 31.9 Å². The number of benzene rings is 2. The maximum absolute atomic E-state index is 14.0. The highest BCUT2D eigenvalue weighted by Crippen LogP contribution is 2.35. The SMILES string of the molecule is CCCN1C(=O)/C(=c2\sc3n(c2=O)C(/C=C/c2ccccc2)C(C(=O)OCC)=C(C)N=3)c2ccccc21. The summed E-state index contributed by atoms with van der Waals surface area (Å²) in [7, 11) is 0. The van der Waals surface area contributed by atoms with E-state index in [0.29, 0.717) is 32.7 Å². The van der Waals surface area contributed by atoms with Crippen molar-refractivity contribution >= 4 is 40.5 Å². The Kier molecular flexibility index (Phi) is 6.76. The van der Waals surface area contributed by atoms with Crippen LogP contribution in [0.1, 0.15) is 44.4 Å². The summed E-state index contributed by atoms with van der Waals surface area (Å²) in [5.41, 5.74) is 3.31. The van der Waals surface area contributed by atoms with Crippen molar-refractivity contribution < 1.29 is 14.3 Å². The Labute approximate surface area is 218 Å². The largest absolute Gasteiger partial charge is 0.463 e. The number of aromatic nitrogens is 1. The number of ether oxygens (including phenoxy) is 1. The molecule has 0 bridgehead atoms. The molecule has 1 aromatic heterocycles. The molecule has 5 rings (SSSR count). The van der Waals surface area contributed by atoms with Crippen molar-refractivity contribution in [3.8, 4) is 0 Å². The number of hydrogen-bond acceptors (Lipinski definition) is 6. The van der Waals surface area contributed by atoms with E-state index in [2.05, 4.69) is 4.99 Å². The van der Waals surface area contributed by atoms with Crippen molar-refractivity contribution in [1.82, 2.24) is 4.57 Å². The van der Waals surface area contributed by atoms with E-state index < -0.39 is 12.0 Å². The third kappa shape index (κ3) is 4.27. The zero-order chi connectivity index (χ0) is 26.1. The summed E-state index contributed by atoms with van der Waals surface area (Å²) in [4.78, 5) is 47.3. The van der Waals surface area contributed by atoms with Crippen LogP contribution in [-0.4, -0.2) is 29.6 Å². The van der Waals surface area contributed by atoms with Crippen LogP contribution in [0.3, 0.4) is 0 Å². The lowest BCUT2D eigenvalue weighted by Gasteiger charge is -2.21. The number of nitrogens with zero attached hydrogens (tertiary/aromatic N) is 3. The lowest BCUT2D eigenvalue weighted by atomic mass is 10.0. The monoisotopic (exact) mass is 513 g/mol. The van der Waals surface area contributed by atoms with E-state index in [-0.39, 0.29) is 18.1 Å². The van der Waals surface area contributed by atoms with Gasteiger partial charge >= 0.3 is 5.97 Å². The fraction of sp³-hybridized carbons (Fsp3) is 0.241. The highest BCUT2D eigenvalue weighted by atomic mass is 32.1. The Morgan fingerprint density at radius 1 is 1.08 bits per heavy atom. The molecule has 2 aliphatic rings. The summed E-state index contributed by atoms with van der Waals surface area (Å²) < 4.78 is 7.16. The molecule has 0 fully saturated rings. The van der Waals surface area contributed by atoms with Gasteiger partial charge in [0, 0.05) is 12.1 Å². The van der Waals surface area contributed by atoms with Crippen LogP contribution in [0.5, 0.6) is 0 Å². The molecule has 3 aromatic rings. The quantitative estimate of drug-likeness (QED) is 0.472. The Balaban J connectivity index is 1.75. The van der Waals surface area contributed by atoms with E-state index in [1.807, 2.05) is 73.7 Å². The number of carbonyl (C=O) groups excluding carboxylic acids is 2. The van der Waals surface area contributed by atoms with Gasteiger partial charge in [-0.15, -0.1) is 0 Å². The molecule has 8 heteroatoms. The molecule has 37 heavy (non-hydrogen) atoms. The van der Waals surface area contributed by atoms with Gasteiger partial charge in [-0.1, -0.05) is 78.9 Å². The molecular formula is C29H27N3O4S. The predicted molar refractivity (Wildman–Crippen MR) is 145 cm³/mol. The van der Waals surface area contributed by atoms with Crippen LogP contribution in [0.2, 0.25) is 0 Å². The fourth-order valence-corrected chi connectivity index (χ4v) is 5.92. The third-order valence-corrected chi connectivity index (χ3v) is 7.46. The lowest BCUT2D eigenvalue weighted by Crippen LogP contribution is -2.40. The van der Waals surface area contributed by atoms with Crippen LogP contribution in [0.25, 0.3) is 11.6 Å². The van der Waals surface area contributed by atoms with Crippen molar-refractivity contribution in [1.29, 1.82) is 0 Å². The van der Waals surface area contributed by atoms with Crippen LogP contribution in [0.15, 0.2) is 81.7 Å². The second-order valence-corrected chi connectivity index (χ2v) is 9.76. The number of thiazole rings is 1. The fourth-order valence-electron chi connectivity index (χ4n) is 4.78. The van der Waals surface area contributed by atoms with Gasteiger partial charge in [-0.25, -0.2) is 9.79 Å². The van der Waals surface area contributed by atoms with E-state index in [1.54, 1.807) is 18.7 Å². The molecule has 1 atom stereocenters. The molecule has 188 valence electrons. The third-order valence-electron chi connectivity index (χ3n) is 6.40. The summed E-state index contributed by atoms with van der Waals surface area (Å²) in [5, 5.41) is 0. The van der Waals surface area contributed by atoms with E-state index in [4.69, 9.17) is 4.74 Å². The van der Waals surface area contributed by atoms with Crippen molar-refractivity contribution in [2.24, 2.45) is 4.99 Å². The molecule has 1 unspecified atom stereocenters. The molecule has 0 aliphatic carbocycles. The number of amides is 1. The summed E-state index contributed by atoms with van der Waals surface area (Å²) in [5.74, 6) is -0.702. The maximum atomic E-state index is 14.0. The number of hydrogen-bond donors (Lipinski definition) is 0.